The van der Waals surface area contributed by atoms with Crippen molar-refractivity contribution < 1.29 is 124 Å². The molecule has 15 N–H and O–H groups in total. The molecule has 29 heteroatoms. The lowest BCUT2D eigenvalue weighted by Gasteiger charge is -2.31. The minimum atomic E-state index is -1.16. The topological polar surface area (TPSA) is 466 Å². The zero-order valence-corrected chi connectivity index (χ0v) is 36.6. The van der Waals surface area contributed by atoms with Crippen molar-refractivity contribution in [1.29, 1.82) is 0 Å². The Morgan fingerprint density at radius 2 is 0.452 bits per heavy atom. The van der Waals surface area contributed by atoms with E-state index in [9.17, 15) is 43.2 Å². The molecule has 0 saturated heterocycles. The van der Waals surface area contributed by atoms with Crippen LogP contribution in [0.1, 0.15) is 0 Å². The van der Waals surface area contributed by atoms with Crippen molar-refractivity contribution in [3.63, 3.8) is 0 Å². The summed E-state index contributed by atoms with van der Waals surface area (Å²) in [5.41, 5.74) is -2.32. The largest absolute Gasteiger partial charge is 0.481 e. The number of hydrogen-bond donors (Lipinski definition) is 19. The minimum Gasteiger partial charge on any atom is -0.481 e. The first kappa shape index (κ1) is 81.0. The Balaban J connectivity index is -0.0000000642. The van der Waals surface area contributed by atoms with Crippen molar-refractivity contribution in [2.24, 2.45) is 10.8 Å². The second-order valence-corrected chi connectivity index (χ2v) is 10.6. The molecule has 0 amide bonds. The Hall–Kier alpha value is -4.95. The van der Waals surface area contributed by atoms with E-state index in [4.69, 9.17) is 81.3 Å². The molecular weight excluding hydrogens is 925 g/mol. The summed E-state index contributed by atoms with van der Waals surface area (Å²) in [5, 5.41) is 123. The maximum atomic E-state index is 9.29. The summed E-state index contributed by atoms with van der Waals surface area (Å²) < 4.78 is 5.15. The third-order valence-electron chi connectivity index (χ3n) is 4.24. The van der Waals surface area contributed by atoms with E-state index in [1.807, 2.05) is 0 Å². The van der Waals surface area contributed by atoms with Gasteiger partial charge in [-0.25, -0.2) is 24.0 Å². The maximum Gasteiger partial charge on any atom is 0.327 e. The summed E-state index contributed by atoms with van der Waals surface area (Å²) >= 11 is 13.7. The molecule has 0 aromatic carbocycles. The van der Waals surface area contributed by atoms with Crippen molar-refractivity contribution in [1.82, 2.24) is 0 Å². The van der Waals surface area contributed by atoms with Crippen molar-refractivity contribution in [3.05, 3.63) is 63.3 Å². The third kappa shape index (κ3) is 105. The molecule has 0 fully saturated rings. The fourth-order valence-electron chi connectivity index (χ4n) is 1.06. The third-order valence-corrected chi connectivity index (χ3v) is 5.33. The summed E-state index contributed by atoms with van der Waals surface area (Å²) in [6, 6.07) is 0. The normalized spacial score (nSPS) is 8.55. The minimum absolute atomic E-state index is 0.0833. The lowest BCUT2D eigenvalue weighted by molar-refractivity contribution is -0.134. The van der Waals surface area contributed by atoms with Gasteiger partial charge in [0.1, 0.15) is 0 Å². The average Bonchev–Trinajstić information content (AvgIpc) is 3.25. The molecule has 25 nitrogen and oxygen atoms in total. The van der Waals surface area contributed by atoms with Crippen molar-refractivity contribution >= 4 is 104 Å². The van der Waals surface area contributed by atoms with Crippen LogP contribution in [0, 0.1) is 10.8 Å². The summed E-state index contributed by atoms with van der Waals surface area (Å²) in [6.07, 6.45) is 4.17. The summed E-state index contributed by atoms with van der Waals surface area (Å²) in [7, 11) is 0. The maximum absolute atomic E-state index is 9.29. The monoisotopic (exact) mass is 982 g/mol. The van der Waals surface area contributed by atoms with Gasteiger partial charge in [-0.2, -0.15) is 50.5 Å². The molecule has 0 heterocycles. The van der Waals surface area contributed by atoms with Gasteiger partial charge < -0.3 is 81.3 Å². The Bertz CT molecular complexity index is 1060. The number of aliphatic hydroxyl groups is 6. The van der Waals surface area contributed by atoms with Crippen LogP contribution in [0.5, 0.6) is 0 Å². The molecule has 364 valence electrons. The van der Waals surface area contributed by atoms with E-state index in [0.29, 0.717) is 0 Å². The summed E-state index contributed by atoms with van der Waals surface area (Å²) in [4.78, 5) is 83.4. The molecule has 0 atom stereocenters. The Labute approximate surface area is 377 Å². The van der Waals surface area contributed by atoms with E-state index in [1.54, 1.807) is 0 Å². The van der Waals surface area contributed by atoms with Crippen molar-refractivity contribution in [3.8, 4) is 0 Å². The molecule has 0 spiro atoms. The Morgan fingerprint density at radius 3 is 0.500 bits per heavy atom. The predicted octanol–water partition coefficient (Wildman–Crippen LogP) is -1.78. The molecule has 0 unspecified atom stereocenters. The highest BCUT2D eigenvalue weighted by atomic mass is 32.1. The zero-order chi connectivity index (χ0) is 51.9. The highest BCUT2D eigenvalue weighted by Gasteiger charge is 2.32. The molecule has 0 aromatic rings. The number of aliphatic carboxylic acids is 9. The first-order valence-electron chi connectivity index (χ1n) is 15.3. The predicted molar refractivity (Wildman–Crippen MR) is 233 cm³/mol. The lowest BCUT2D eigenvalue weighted by Crippen LogP contribution is -2.43. The number of rotatable bonds is 19. The molecule has 0 aliphatic rings. The quantitative estimate of drug-likeness (QED) is 0.0502. The fourth-order valence-corrected chi connectivity index (χ4v) is 1.06. The van der Waals surface area contributed by atoms with Gasteiger partial charge in [-0.3, -0.25) is 19.2 Å². The van der Waals surface area contributed by atoms with Crippen LogP contribution in [0.2, 0.25) is 0 Å². The molecule has 0 aliphatic heterocycles. The first-order chi connectivity index (χ1) is 28.5. The van der Waals surface area contributed by atoms with Crippen LogP contribution in [0.3, 0.4) is 0 Å². The van der Waals surface area contributed by atoms with Gasteiger partial charge >= 0.3 is 53.7 Å². The van der Waals surface area contributed by atoms with E-state index in [2.05, 4.69) is 83.4 Å². The van der Waals surface area contributed by atoms with E-state index < -0.39 is 104 Å². The van der Waals surface area contributed by atoms with Gasteiger partial charge in [-0.05, 0) is 0 Å². The average molecular weight is 983 g/mol. The van der Waals surface area contributed by atoms with Gasteiger partial charge in [-0.15, -0.1) is 0 Å². The van der Waals surface area contributed by atoms with Crippen LogP contribution in [-0.4, -0.2) is 206 Å². The number of carbonyl (C=O) groups is 9. The smallest absolute Gasteiger partial charge is 0.327 e. The first-order valence-corrected chi connectivity index (χ1v) is 17.8. The number of carboxylic acid groups (broad SMARTS) is 9. The van der Waals surface area contributed by atoms with Crippen LogP contribution >= 0.6 is 50.5 Å². The highest BCUT2D eigenvalue weighted by Crippen LogP contribution is 2.19. The van der Waals surface area contributed by atoms with Crippen LogP contribution < -0.4 is 0 Å². The standard InChI is InChI=1S/C10H22O7.5C3H4O2.4C2H4O2S/c11-1-9(2-12,3-13)7-17-8-10(4-14,5-15)6-16;5*1-2-3(4)5;4*3-2(4)1-5/h11-16H,1-8H2;5*2H,1H2,(H,4,5);4*5H,1H2,(H,3,4). The molecule has 0 aliphatic carbocycles. The molecule has 0 radical (unpaired) electrons. The van der Waals surface area contributed by atoms with Crippen LogP contribution in [0.4, 0.5) is 0 Å². The summed E-state index contributed by atoms with van der Waals surface area (Å²) in [6.45, 7) is 11.8. The highest BCUT2D eigenvalue weighted by molar-refractivity contribution is 7.81. The number of ether oxygens (including phenoxy) is 1. The zero-order valence-electron chi connectivity index (χ0n) is 33.0. The molecule has 62 heavy (non-hydrogen) atoms. The Morgan fingerprint density at radius 1 is 0.355 bits per heavy atom. The van der Waals surface area contributed by atoms with Crippen LogP contribution in [0.15, 0.2) is 63.3 Å². The Kier molecular flexibility index (Phi) is 81.9. The van der Waals surface area contributed by atoms with Gasteiger partial charge in [0.25, 0.3) is 0 Å². The van der Waals surface area contributed by atoms with Gasteiger partial charge in [0, 0.05) is 30.4 Å². The molecule has 0 saturated carbocycles. The molecule has 0 rings (SSSR count). The number of hydrogen-bond acceptors (Lipinski definition) is 20. The SMILES string of the molecule is C=CC(=O)O.C=CC(=O)O.C=CC(=O)O.C=CC(=O)O.C=CC(=O)O.O=C(O)CS.O=C(O)CS.O=C(O)CS.O=C(O)CS.OCC(CO)(CO)COCC(CO)(CO)CO. The van der Waals surface area contributed by atoms with Crippen molar-refractivity contribution in [2.75, 3.05) is 75.9 Å². The van der Waals surface area contributed by atoms with Gasteiger partial charge in [0.15, 0.2) is 0 Å². The van der Waals surface area contributed by atoms with E-state index >= 15 is 0 Å². The van der Waals surface area contributed by atoms with Gasteiger partial charge in [-0.1, -0.05) is 32.9 Å². The van der Waals surface area contributed by atoms with E-state index in [1.165, 1.54) is 0 Å². The number of carboxylic acids is 9. The van der Waals surface area contributed by atoms with Gasteiger partial charge in [0.2, 0.25) is 0 Å². The fraction of sp³-hybridized carbons (Fsp3) is 0.424. The second kappa shape index (κ2) is 62.7. The number of thiol groups is 4. The molecule has 0 aromatic heterocycles. The van der Waals surface area contributed by atoms with E-state index in [-0.39, 0.29) is 36.2 Å². The van der Waals surface area contributed by atoms with Gasteiger partial charge in [0.05, 0.1) is 86.7 Å². The molecular formula is C33H58O25S4. The summed E-state index contributed by atoms with van der Waals surface area (Å²) in [5.74, 6) is -8.77. The van der Waals surface area contributed by atoms with Crippen LogP contribution in [-0.2, 0) is 47.9 Å². The second-order valence-electron chi connectivity index (χ2n) is 9.36. The van der Waals surface area contributed by atoms with Crippen molar-refractivity contribution in [2.45, 2.75) is 0 Å². The lowest BCUT2D eigenvalue weighted by atomic mass is 9.91. The van der Waals surface area contributed by atoms with Crippen LogP contribution in [0.25, 0.3) is 0 Å². The number of aliphatic hydroxyl groups excluding tert-OH is 6. The molecule has 0 bridgehead atoms. The van der Waals surface area contributed by atoms with E-state index in [0.717, 1.165) is 30.4 Å².